The highest BCUT2D eigenvalue weighted by Crippen LogP contribution is 2.29. The Kier molecular flexibility index (Phi) is 6.28. The molecule has 2 aromatic carbocycles. The Balaban J connectivity index is 1.60. The molecule has 0 unspecified atom stereocenters. The van der Waals surface area contributed by atoms with Crippen LogP contribution in [0.4, 0.5) is 5.69 Å². The predicted molar refractivity (Wildman–Crippen MR) is 120 cm³/mol. The van der Waals surface area contributed by atoms with E-state index in [1.165, 1.54) is 5.01 Å². The van der Waals surface area contributed by atoms with Crippen molar-refractivity contribution in [2.75, 3.05) is 18.0 Å². The molecule has 4 nitrogen and oxygen atoms in total. The molecule has 0 atom stereocenters. The van der Waals surface area contributed by atoms with Gasteiger partial charge in [-0.25, -0.2) is 4.98 Å². The minimum absolute atomic E-state index is 0.0538. The lowest BCUT2D eigenvalue weighted by Crippen LogP contribution is -2.30. The van der Waals surface area contributed by atoms with E-state index >= 15 is 0 Å². The lowest BCUT2D eigenvalue weighted by atomic mass is 9.99. The first kappa shape index (κ1) is 20.1. The van der Waals surface area contributed by atoms with E-state index in [-0.39, 0.29) is 5.91 Å². The lowest BCUT2D eigenvalue weighted by Gasteiger charge is -2.23. The van der Waals surface area contributed by atoms with Crippen molar-refractivity contribution in [3.63, 3.8) is 0 Å². The first-order valence-electron chi connectivity index (χ1n) is 9.89. The molecule has 6 heteroatoms. The largest absolute Gasteiger partial charge is 0.317 e. The monoisotopic (exact) mass is 425 g/mol. The Morgan fingerprint density at radius 3 is 2.52 bits per heavy atom. The van der Waals surface area contributed by atoms with Crippen molar-refractivity contribution < 1.29 is 4.79 Å². The maximum atomic E-state index is 13.3. The van der Waals surface area contributed by atoms with Crippen LogP contribution in [-0.4, -0.2) is 24.0 Å². The predicted octanol–water partition coefficient (Wildman–Crippen LogP) is 5.42. The van der Waals surface area contributed by atoms with Gasteiger partial charge in [0.15, 0.2) is 0 Å². The fourth-order valence-electron chi connectivity index (χ4n) is 3.57. The fraction of sp³-hybridized carbons (Fsp3) is 0.304. The first-order chi connectivity index (χ1) is 14.1. The molecule has 3 aromatic rings. The molecular formula is C23H24ClN3OS. The first-order valence-corrected chi connectivity index (χ1v) is 11.1. The third-order valence-corrected chi connectivity index (χ3v) is 6.57. The molecule has 0 bridgehead atoms. The third-order valence-electron chi connectivity index (χ3n) is 5.26. The quantitative estimate of drug-likeness (QED) is 0.593. The van der Waals surface area contributed by atoms with Crippen molar-refractivity contribution in [1.82, 2.24) is 10.3 Å². The summed E-state index contributed by atoms with van der Waals surface area (Å²) in [5.41, 5.74) is 3.58. The van der Waals surface area contributed by atoms with Crippen molar-refractivity contribution in [2.45, 2.75) is 32.2 Å². The van der Waals surface area contributed by atoms with Crippen LogP contribution in [0.25, 0.3) is 0 Å². The molecule has 0 spiro atoms. The number of piperidine rings is 1. The van der Waals surface area contributed by atoms with Crippen LogP contribution in [0.5, 0.6) is 0 Å². The van der Waals surface area contributed by atoms with Crippen molar-refractivity contribution >= 4 is 34.5 Å². The van der Waals surface area contributed by atoms with Crippen LogP contribution in [0.15, 0.2) is 53.9 Å². The van der Waals surface area contributed by atoms with Crippen LogP contribution in [0.1, 0.15) is 45.4 Å². The normalized spacial score (nSPS) is 14.7. The number of carbonyl (C=O) groups is 1. The van der Waals surface area contributed by atoms with E-state index in [2.05, 4.69) is 10.7 Å². The van der Waals surface area contributed by atoms with E-state index in [0.717, 1.165) is 42.9 Å². The van der Waals surface area contributed by atoms with E-state index in [0.29, 0.717) is 23.0 Å². The summed E-state index contributed by atoms with van der Waals surface area (Å²) < 4.78 is 0. The highest BCUT2D eigenvalue weighted by atomic mass is 35.5. The SMILES string of the molecule is Cc1ccc(N(Cc2csc(C3CCNCC3)n2)C(=O)c2ccc(Cl)cc2)cc1. The van der Waals surface area contributed by atoms with Crippen LogP contribution < -0.4 is 10.2 Å². The molecule has 29 heavy (non-hydrogen) atoms. The molecule has 1 aliphatic rings. The Labute approximate surface area is 180 Å². The van der Waals surface area contributed by atoms with Gasteiger partial charge in [0.1, 0.15) is 0 Å². The zero-order valence-electron chi connectivity index (χ0n) is 16.4. The van der Waals surface area contributed by atoms with E-state index in [1.54, 1.807) is 40.5 Å². The molecule has 1 aromatic heterocycles. The number of hydrogen-bond donors (Lipinski definition) is 1. The molecule has 0 aliphatic carbocycles. The van der Waals surface area contributed by atoms with Gasteiger partial charge in [0.2, 0.25) is 0 Å². The molecule has 4 rings (SSSR count). The highest BCUT2D eigenvalue weighted by Gasteiger charge is 2.22. The van der Waals surface area contributed by atoms with Gasteiger partial charge in [0.25, 0.3) is 5.91 Å². The molecule has 1 aliphatic heterocycles. The summed E-state index contributed by atoms with van der Waals surface area (Å²) in [6.07, 6.45) is 2.25. The fourth-order valence-corrected chi connectivity index (χ4v) is 4.68. The van der Waals surface area contributed by atoms with Crippen LogP contribution in [0.2, 0.25) is 5.02 Å². The van der Waals surface area contributed by atoms with E-state index in [4.69, 9.17) is 16.6 Å². The van der Waals surface area contributed by atoms with Gasteiger partial charge in [-0.3, -0.25) is 4.79 Å². The zero-order valence-corrected chi connectivity index (χ0v) is 18.0. The standard InChI is InChI=1S/C23H24ClN3OS/c1-16-2-8-21(9-3-16)27(23(28)18-4-6-19(24)7-5-18)14-20-15-29-22(26-20)17-10-12-25-13-11-17/h2-9,15,17,25H,10-14H2,1H3. The average molecular weight is 426 g/mol. The summed E-state index contributed by atoms with van der Waals surface area (Å²) in [7, 11) is 0. The number of thiazole rings is 1. The number of halogens is 1. The number of aromatic nitrogens is 1. The molecule has 1 saturated heterocycles. The van der Waals surface area contributed by atoms with Crippen LogP contribution >= 0.6 is 22.9 Å². The number of nitrogens with one attached hydrogen (secondary N) is 1. The molecule has 1 fully saturated rings. The second-order valence-electron chi connectivity index (χ2n) is 7.44. The Hall–Kier alpha value is -2.21. The number of amides is 1. The van der Waals surface area contributed by atoms with Crippen molar-refractivity contribution in [1.29, 1.82) is 0 Å². The molecular weight excluding hydrogens is 402 g/mol. The number of benzene rings is 2. The third kappa shape index (κ3) is 4.86. The van der Waals surface area contributed by atoms with Gasteiger partial charge in [0.05, 0.1) is 17.2 Å². The Morgan fingerprint density at radius 1 is 1.14 bits per heavy atom. The zero-order chi connectivity index (χ0) is 20.2. The summed E-state index contributed by atoms with van der Waals surface area (Å²) in [4.78, 5) is 20.0. The van der Waals surface area contributed by atoms with Crippen LogP contribution in [0.3, 0.4) is 0 Å². The summed E-state index contributed by atoms with van der Waals surface area (Å²) in [5, 5.41) is 7.30. The van der Waals surface area contributed by atoms with Gasteiger partial charge in [-0.05, 0) is 69.3 Å². The molecule has 0 radical (unpaired) electrons. The number of hydrogen-bond acceptors (Lipinski definition) is 4. The molecule has 0 saturated carbocycles. The van der Waals surface area contributed by atoms with Gasteiger partial charge in [0, 0.05) is 27.6 Å². The van der Waals surface area contributed by atoms with Gasteiger partial charge in [-0.15, -0.1) is 11.3 Å². The number of anilines is 1. The molecule has 2 heterocycles. The average Bonchev–Trinajstić information content (AvgIpc) is 3.22. The second-order valence-corrected chi connectivity index (χ2v) is 8.76. The minimum atomic E-state index is -0.0538. The minimum Gasteiger partial charge on any atom is -0.317 e. The van der Waals surface area contributed by atoms with Crippen molar-refractivity contribution in [3.8, 4) is 0 Å². The van der Waals surface area contributed by atoms with E-state index in [9.17, 15) is 4.79 Å². The topological polar surface area (TPSA) is 45.2 Å². The van der Waals surface area contributed by atoms with Gasteiger partial charge >= 0.3 is 0 Å². The summed E-state index contributed by atoms with van der Waals surface area (Å²) in [6.45, 7) is 4.58. The lowest BCUT2D eigenvalue weighted by molar-refractivity contribution is 0.0985. The summed E-state index contributed by atoms with van der Waals surface area (Å²) >= 11 is 7.71. The highest BCUT2D eigenvalue weighted by molar-refractivity contribution is 7.09. The van der Waals surface area contributed by atoms with E-state index < -0.39 is 0 Å². The Bertz CT molecular complexity index is 963. The van der Waals surface area contributed by atoms with Gasteiger partial charge < -0.3 is 10.2 Å². The summed E-state index contributed by atoms with van der Waals surface area (Å²) in [6, 6.07) is 15.1. The van der Waals surface area contributed by atoms with E-state index in [1.807, 2.05) is 31.2 Å². The molecule has 150 valence electrons. The van der Waals surface area contributed by atoms with Gasteiger partial charge in [-0.2, -0.15) is 0 Å². The molecule has 1 N–H and O–H groups in total. The number of nitrogens with zero attached hydrogens (tertiary/aromatic N) is 2. The maximum Gasteiger partial charge on any atom is 0.258 e. The van der Waals surface area contributed by atoms with Gasteiger partial charge in [-0.1, -0.05) is 29.3 Å². The number of aryl methyl sites for hydroxylation is 1. The Morgan fingerprint density at radius 2 is 1.83 bits per heavy atom. The van der Waals surface area contributed by atoms with Crippen molar-refractivity contribution in [2.24, 2.45) is 0 Å². The summed E-state index contributed by atoms with van der Waals surface area (Å²) in [5.74, 6) is 0.469. The number of carbonyl (C=O) groups excluding carboxylic acids is 1. The molecule has 1 amide bonds. The smallest absolute Gasteiger partial charge is 0.258 e. The van der Waals surface area contributed by atoms with Crippen LogP contribution in [-0.2, 0) is 6.54 Å². The van der Waals surface area contributed by atoms with Crippen LogP contribution in [0, 0.1) is 6.92 Å². The second kappa shape index (κ2) is 9.08. The number of rotatable bonds is 5. The maximum absolute atomic E-state index is 13.3. The van der Waals surface area contributed by atoms with Crippen molar-refractivity contribution in [3.05, 3.63) is 80.8 Å².